The molecule has 20 heavy (non-hydrogen) atoms. The number of rotatable bonds is 6. The van der Waals surface area contributed by atoms with Gasteiger partial charge < -0.3 is 5.32 Å². The van der Waals surface area contributed by atoms with Gasteiger partial charge in [0.1, 0.15) is 0 Å². The third-order valence-electron chi connectivity index (χ3n) is 3.68. The molecular weight excluding hydrogens is 274 g/mol. The van der Waals surface area contributed by atoms with E-state index in [1.54, 1.807) is 12.1 Å². The second-order valence-electron chi connectivity index (χ2n) is 5.66. The number of nitrogens with zero attached hydrogens (tertiary/aromatic N) is 1. The number of anilines is 1. The van der Waals surface area contributed by atoms with Crippen LogP contribution in [0.25, 0.3) is 0 Å². The van der Waals surface area contributed by atoms with Gasteiger partial charge in [0.2, 0.25) is 0 Å². The van der Waals surface area contributed by atoms with Gasteiger partial charge in [-0.05, 0) is 38.3 Å². The van der Waals surface area contributed by atoms with E-state index in [1.165, 1.54) is 6.20 Å². The molecule has 1 saturated carbocycles. The SMILES string of the molecule is CCCNc1cccnc1S(=O)(=O)NC1(C)CCCC1. The first-order valence-corrected chi connectivity index (χ1v) is 8.68. The largest absolute Gasteiger partial charge is 0.383 e. The summed E-state index contributed by atoms with van der Waals surface area (Å²) in [5.41, 5.74) is 0.238. The van der Waals surface area contributed by atoms with Crippen LogP contribution < -0.4 is 10.0 Å². The molecule has 0 radical (unpaired) electrons. The van der Waals surface area contributed by atoms with Crippen LogP contribution in [0.3, 0.4) is 0 Å². The Bertz CT molecular complexity index is 551. The maximum Gasteiger partial charge on any atom is 0.260 e. The molecule has 1 heterocycles. The van der Waals surface area contributed by atoms with Gasteiger partial charge >= 0.3 is 0 Å². The Morgan fingerprint density at radius 1 is 1.35 bits per heavy atom. The van der Waals surface area contributed by atoms with Crippen molar-refractivity contribution in [3.63, 3.8) is 0 Å². The fourth-order valence-electron chi connectivity index (χ4n) is 2.63. The lowest BCUT2D eigenvalue weighted by Crippen LogP contribution is -2.43. The summed E-state index contributed by atoms with van der Waals surface area (Å²) in [7, 11) is -3.59. The highest BCUT2D eigenvalue weighted by atomic mass is 32.2. The predicted octanol–water partition coefficient (Wildman–Crippen LogP) is 2.51. The van der Waals surface area contributed by atoms with Gasteiger partial charge in [-0.3, -0.25) is 0 Å². The zero-order valence-electron chi connectivity index (χ0n) is 12.1. The normalized spacial score (nSPS) is 18.1. The van der Waals surface area contributed by atoms with E-state index in [-0.39, 0.29) is 10.6 Å². The number of aromatic nitrogens is 1. The van der Waals surface area contributed by atoms with E-state index in [9.17, 15) is 8.42 Å². The molecule has 1 aromatic rings. The van der Waals surface area contributed by atoms with Crippen molar-refractivity contribution in [3.8, 4) is 0 Å². The topological polar surface area (TPSA) is 71.1 Å². The third kappa shape index (κ3) is 3.49. The van der Waals surface area contributed by atoms with Crippen LogP contribution in [-0.4, -0.2) is 25.5 Å². The summed E-state index contributed by atoms with van der Waals surface area (Å²) in [6, 6.07) is 3.50. The Morgan fingerprint density at radius 3 is 2.70 bits per heavy atom. The molecule has 0 saturated heterocycles. The third-order valence-corrected chi connectivity index (χ3v) is 5.27. The van der Waals surface area contributed by atoms with Crippen molar-refractivity contribution in [2.75, 3.05) is 11.9 Å². The molecule has 1 aliphatic carbocycles. The lowest BCUT2D eigenvalue weighted by molar-refractivity contribution is 0.426. The van der Waals surface area contributed by atoms with E-state index in [0.717, 1.165) is 38.6 Å². The monoisotopic (exact) mass is 297 g/mol. The molecule has 6 heteroatoms. The van der Waals surface area contributed by atoms with Gasteiger partial charge in [0.25, 0.3) is 10.0 Å². The van der Waals surface area contributed by atoms with Crippen LogP contribution in [0.1, 0.15) is 46.0 Å². The minimum absolute atomic E-state index is 0.0987. The van der Waals surface area contributed by atoms with E-state index in [4.69, 9.17) is 0 Å². The summed E-state index contributed by atoms with van der Waals surface area (Å²) < 4.78 is 28.0. The molecule has 0 aliphatic heterocycles. The van der Waals surface area contributed by atoms with Gasteiger partial charge in [0.05, 0.1) is 5.69 Å². The minimum Gasteiger partial charge on any atom is -0.383 e. The predicted molar refractivity (Wildman–Crippen MR) is 80.2 cm³/mol. The Morgan fingerprint density at radius 2 is 2.05 bits per heavy atom. The van der Waals surface area contributed by atoms with E-state index in [2.05, 4.69) is 15.0 Å². The molecule has 0 aromatic carbocycles. The number of nitrogens with one attached hydrogen (secondary N) is 2. The maximum atomic E-state index is 12.6. The van der Waals surface area contributed by atoms with Crippen molar-refractivity contribution in [2.24, 2.45) is 0 Å². The average Bonchev–Trinajstić information content (AvgIpc) is 2.82. The summed E-state index contributed by atoms with van der Waals surface area (Å²) in [6.07, 6.45) is 6.36. The van der Waals surface area contributed by atoms with Gasteiger partial charge in [-0.15, -0.1) is 0 Å². The number of pyridine rings is 1. The summed E-state index contributed by atoms with van der Waals surface area (Å²) in [5, 5.41) is 3.22. The van der Waals surface area contributed by atoms with Crippen LogP contribution in [0, 0.1) is 0 Å². The quantitative estimate of drug-likeness (QED) is 0.846. The number of hydrogen-bond acceptors (Lipinski definition) is 4. The zero-order chi connectivity index (χ0) is 14.6. The van der Waals surface area contributed by atoms with Crippen LogP contribution in [0.2, 0.25) is 0 Å². The summed E-state index contributed by atoms with van der Waals surface area (Å²) in [6.45, 7) is 4.74. The van der Waals surface area contributed by atoms with Crippen LogP contribution in [-0.2, 0) is 10.0 Å². The molecule has 5 nitrogen and oxygen atoms in total. The lowest BCUT2D eigenvalue weighted by Gasteiger charge is -2.25. The molecule has 2 rings (SSSR count). The number of hydrogen-bond donors (Lipinski definition) is 2. The highest BCUT2D eigenvalue weighted by molar-refractivity contribution is 7.89. The first-order chi connectivity index (χ1) is 9.47. The maximum absolute atomic E-state index is 12.6. The molecule has 1 aliphatic rings. The van der Waals surface area contributed by atoms with Crippen molar-refractivity contribution in [1.29, 1.82) is 0 Å². The molecule has 0 spiro atoms. The van der Waals surface area contributed by atoms with Gasteiger partial charge in [0.15, 0.2) is 5.03 Å². The molecule has 0 bridgehead atoms. The highest BCUT2D eigenvalue weighted by Crippen LogP contribution is 2.31. The van der Waals surface area contributed by atoms with Crippen molar-refractivity contribution >= 4 is 15.7 Å². The Balaban J connectivity index is 2.24. The molecular formula is C14H23N3O2S. The number of sulfonamides is 1. The van der Waals surface area contributed by atoms with Gasteiger partial charge in [0, 0.05) is 18.3 Å². The van der Waals surface area contributed by atoms with E-state index in [0.29, 0.717) is 5.69 Å². The molecule has 1 aromatic heterocycles. The van der Waals surface area contributed by atoms with Crippen molar-refractivity contribution in [3.05, 3.63) is 18.3 Å². The molecule has 0 atom stereocenters. The van der Waals surface area contributed by atoms with Crippen LogP contribution >= 0.6 is 0 Å². The van der Waals surface area contributed by atoms with Gasteiger partial charge in [-0.2, -0.15) is 0 Å². The average molecular weight is 297 g/mol. The lowest BCUT2D eigenvalue weighted by atomic mass is 10.0. The molecule has 112 valence electrons. The standard InChI is InChI=1S/C14H23N3O2S/c1-3-10-15-12-7-6-11-16-13(12)20(18,19)17-14(2)8-4-5-9-14/h6-7,11,15,17H,3-5,8-10H2,1-2H3. The van der Waals surface area contributed by atoms with Crippen LogP contribution in [0.15, 0.2) is 23.4 Å². The summed E-state index contributed by atoms with van der Waals surface area (Å²) in [4.78, 5) is 4.06. The van der Waals surface area contributed by atoms with E-state index in [1.807, 2.05) is 13.8 Å². The van der Waals surface area contributed by atoms with Crippen molar-refractivity contribution in [1.82, 2.24) is 9.71 Å². The zero-order valence-corrected chi connectivity index (χ0v) is 13.0. The molecule has 0 amide bonds. The Hall–Kier alpha value is -1.14. The fraction of sp³-hybridized carbons (Fsp3) is 0.643. The highest BCUT2D eigenvalue weighted by Gasteiger charge is 2.34. The second kappa shape index (κ2) is 6.10. The second-order valence-corrected chi connectivity index (χ2v) is 7.25. The Kier molecular flexibility index (Phi) is 4.65. The first-order valence-electron chi connectivity index (χ1n) is 7.20. The van der Waals surface area contributed by atoms with Gasteiger partial charge in [-0.1, -0.05) is 19.8 Å². The van der Waals surface area contributed by atoms with E-state index >= 15 is 0 Å². The van der Waals surface area contributed by atoms with Gasteiger partial charge in [-0.25, -0.2) is 18.1 Å². The van der Waals surface area contributed by atoms with Crippen LogP contribution in [0.5, 0.6) is 0 Å². The van der Waals surface area contributed by atoms with Crippen molar-refractivity contribution in [2.45, 2.75) is 56.5 Å². The van der Waals surface area contributed by atoms with Crippen LogP contribution in [0.4, 0.5) is 5.69 Å². The van der Waals surface area contributed by atoms with Crippen molar-refractivity contribution < 1.29 is 8.42 Å². The minimum atomic E-state index is -3.59. The van der Waals surface area contributed by atoms with E-state index < -0.39 is 10.0 Å². The summed E-state index contributed by atoms with van der Waals surface area (Å²) in [5.74, 6) is 0. The fourth-order valence-corrected chi connectivity index (χ4v) is 4.21. The smallest absolute Gasteiger partial charge is 0.260 e. The molecule has 1 fully saturated rings. The first kappa shape index (κ1) is 15.3. The summed E-state index contributed by atoms with van der Waals surface area (Å²) >= 11 is 0. The Labute approximate surface area is 121 Å². The molecule has 2 N–H and O–H groups in total. The molecule has 0 unspecified atom stereocenters.